The maximum atomic E-state index is 13.1. The van der Waals surface area contributed by atoms with Gasteiger partial charge in [-0.1, -0.05) is 18.1 Å². The van der Waals surface area contributed by atoms with Crippen molar-refractivity contribution < 1.29 is 4.39 Å². The largest absolute Gasteiger partial charge is 0.369 e. The average molecular weight is 204 g/mol. The third-order valence-corrected chi connectivity index (χ3v) is 1.56. The van der Waals surface area contributed by atoms with Crippen LogP contribution in [0.3, 0.4) is 0 Å². The normalized spacial score (nSPS) is 9.87. The van der Waals surface area contributed by atoms with Gasteiger partial charge in [-0.3, -0.25) is 0 Å². The van der Waals surface area contributed by atoms with E-state index in [9.17, 15) is 4.39 Å². The number of hydrogen-bond donors (Lipinski definition) is 2. The van der Waals surface area contributed by atoms with Crippen LogP contribution in [0.2, 0.25) is 0 Å². The molecule has 0 saturated heterocycles. The third kappa shape index (κ3) is 2.81. The van der Waals surface area contributed by atoms with E-state index >= 15 is 0 Å². The Morgan fingerprint density at radius 2 is 2.20 bits per heavy atom. The molecule has 1 aromatic carbocycles. The zero-order valence-electron chi connectivity index (χ0n) is 7.81. The fraction of sp³-hybridized carbons (Fsp3) is 0. The lowest BCUT2D eigenvalue weighted by Crippen LogP contribution is -2.21. The summed E-state index contributed by atoms with van der Waals surface area (Å²) in [5.41, 5.74) is 10.7. The first-order chi connectivity index (χ1) is 7.15. The molecule has 0 atom stereocenters. The van der Waals surface area contributed by atoms with Crippen LogP contribution in [0.1, 0.15) is 11.1 Å². The van der Waals surface area contributed by atoms with E-state index in [2.05, 4.69) is 16.1 Å². The van der Waals surface area contributed by atoms with Gasteiger partial charge in [0, 0.05) is 5.56 Å². The van der Waals surface area contributed by atoms with Crippen molar-refractivity contribution in [1.29, 1.82) is 0 Å². The zero-order chi connectivity index (χ0) is 11.3. The average Bonchev–Trinajstić information content (AvgIpc) is 2.17. The molecule has 1 rings (SSSR count). The molecular weight excluding hydrogens is 195 g/mol. The summed E-state index contributed by atoms with van der Waals surface area (Å²) in [4.78, 5) is 0. The van der Waals surface area contributed by atoms with E-state index in [-0.39, 0.29) is 11.5 Å². The molecule has 4 nitrogen and oxygen atoms in total. The second kappa shape index (κ2) is 4.77. The molecule has 5 heteroatoms. The van der Waals surface area contributed by atoms with Crippen molar-refractivity contribution in [3.8, 4) is 12.3 Å². The standard InChI is InChI=1S/C10H9FN4/c1-2-8-7(4-3-5-9(8)11)6-14-15-10(12)13/h1,3-6H,(H4,12,13,15). The summed E-state index contributed by atoms with van der Waals surface area (Å²) < 4.78 is 13.1. The molecule has 76 valence electrons. The molecule has 0 amide bonds. The molecule has 0 spiro atoms. The zero-order valence-corrected chi connectivity index (χ0v) is 7.81. The Kier molecular flexibility index (Phi) is 3.41. The number of hydrogen-bond acceptors (Lipinski definition) is 2. The fourth-order valence-electron chi connectivity index (χ4n) is 0.958. The van der Waals surface area contributed by atoms with Gasteiger partial charge < -0.3 is 11.5 Å². The van der Waals surface area contributed by atoms with E-state index in [1.807, 2.05) is 0 Å². The third-order valence-electron chi connectivity index (χ3n) is 1.56. The van der Waals surface area contributed by atoms with Crippen LogP contribution < -0.4 is 11.5 Å². The summed E-state index contributed by atoms with van der Waals surface area (Å²) >= 11 is 0. The van der Waals surface area contributed by atoms with Crippen LogP contribution in [-0.2, 0) is 0 Å². The Morgan fingerprint density at radius 3 is 2.80 bits per heavy atom. The smallest absolute Gasteiger partial charge is 0.211 e. The van der Waals surface area contributed by atoms with Gasteiger partial charge in [-0.05, 0) is 6.07 Å². The first kappa shape index (κ1) is 10.7. The molecule has 0 aromatic heterocycles. The Balaban J connectivity index is 3.06. The topological polar surface area (TPSA) is 76.8 Å². The van der Waals surface area contributed by atoms with Crippen molar-refractivity contribution in [2.24, 2.45) is 21.7 Å². The number of nitrogens with two attached hydrogens (primary N) is 2. The van der Waals surface area contributed by atoms with Crippen LogP contribution in [-0.4, -0.2) is 12.2 Å². The lowest BCUT2D eigenvalue weighted by molar-refractivity contribution is 0.624. The molecule has 4 N–H and O–H groups in total. The Labute approximate surface area is 86.5 Å². The summed E-state index contributed by atoms with van der Waals surface area (Å²) in [5.74, 6) is 1.57. The molecule has 0 aliphatic rings. The summed E-state index contributed by atoms with van der Waals surface area (Å²) in [7, 11) is 0. The van der Waals surface area contributed by atoms with Crippen LogP contribution in [0.25, 0.3) is 0 Å². The monoisotopic (exact) mass is 204 g/mol. The number of nitrogens with zero attached hydrogens (tertiary/aromatic N) is 2. The van der Waals surface area contributed by atoms with E-state index in [0.29, 0.717) is 5.56 Å². The van der Waals surface area contributed by atoms with E-state index in [1.165, 1.54) is 18.3 Å². The van der Waals surface area contributed by atoms with Gasteiger partial charge in [0.15, 0.2) is 0 Å². The lowest BCUT2D eigenvalue weighted by Gasteiger charge is -1.98. The summed E-state index contributed by atoms with van der Waals surface area (Å²) in [6, 6.07) is 4.41. The van der Waals surface area contributed by atoms with Crippen LogP contribution in [0.5, 0.6) is 0 Å². The number of halogens is 1. The van der Waals surface area contributed by atoms with Crippen molar-refractivity contribution in [3.05, 3.63) is 35.1 Å². The summed E-state index contributed by atoms with van der Waals surface area (Å²) in [5, 5.41) is 6.92. The van der Waals surface area contributed by atoms with E-state index in [1.54, 1.807) is 6.07 Å². The molecular formula is C10H9FN4. The molecule has 0 bridgehead atoms. The van der Waals surface area contributed by atoms with Gasteiger partial charge in [0.1, 0.15) is 5.82 Å². The predicted molar refractivity (Wildman–Crippen MR) is 57.7 cm³/mol. The summed E-state index contributed by atoms with van der Waals surface area (Å²) in [6.07, 6.45) is 6.44. The minimum atomic E-state index is -0.480. The highest BCUT2D eigenvalue weighted by Crippen LogP contribution is 2.10. The van der Waals surface area contributed by atoms with Gasteiger partial charge in [0.05, 0.1) is 11.8 Å². The number of rotatable bonds is 2. The van der Waals surface area contributed by atoms with Gasteiger partial charge in [0.2, 0.25) is 5.96 Å². The van der Waals surface area contributed by atoms with Crippen molar-refractivity contribution in [1.82, 2.24) is 0 Å². The van der Waals surface area contributed by atoms with Gasteiger partial charge >= 0.3 is 0 Å². The maximum Gasteiger partial charge on any atom is 0.211 e. The minimum absolute atomic E-state index is 0.132. The molecule has 0 saturated carbocycles. The highest BCUT2D eigenvalue weighted by Gasteiger charge is 2.02. The van der Waals surface area contributed by atoms with Crippen LogP contribution >= 0.6 is 0 Å². The number of terminal acetylenes is 1. The molecule has 0 aliphatic carbocycles. The van der Waals surface area contributed by atoms with Crippen molar-refractivity contribution >= 4 is 12.2 Å². The lowest BCUT2D eigenvalue weighted by atomic mass is 10.1. The van der Waals surface area contributed by atoms with Gasteiger partial charge in [0.25, 0.3) is 0 Å². The SMILES string of the molecule is C#Cc1c(F)cccc1C=NN=C(N)N. The Bertz CT molecular complexity index is 453. The fourth-order valence-corrected chi connectivity index (χ4v) is 0.958. The van der Waals surface area contributed by atoms with E-state index in [0.717, 1.165) is 0 Å². The number of guanidine groups is 1. The Morgan fingerprint density at radius 1 is 1.47 bits per heavy atom. The first-order valence-electron chi connectivity index (χ1n) is 4.02. The van der Waals surface area contributed by atoms with Crippen molar-refractivity contribution in [2.75, 3.05) is 0 Å². The highest BCUT2D eigenvalue weighted by molar-refractivity contribution is 5.84. The van der Waals surface area contributed by atoms with E-state index in [4.69, 9.17) is 17.9 Å². The molecule has 15 heavy (non-hydrogen) atoms. The predicted octanol–water partition coefficient (Wildman–Crippen LogP) is 0.414. The second-order valence-corrected chi connectivity index (χ2v) is 2.62. The molecule has 0 unspecified atom stereocenters. The maximum absolute atomic E-state index is 13.1. The van der Waals surface area contributed by atoms with E-state index < -0.39 is 5.82 Å². The summed E-state index contributed by atoms with van der Waals surface area (Å²) in [6.45, 7) is 0. The minimum Gasteiger partial charge on any atom is -0.369 e. The molecule has 0 aliphatic heterocycles. The Hall–Kier alpha value is -2.35. The van der Waals surface area contributed by atoms with Crippen LogP contribution in [0.4, 0.5) is 4.39 Å². The van der Waals surface area contributed by atoms with Crippen LogP contribution in [0, 0.1) is 18.2 Å². The quantitative estimate of drug-likeness (QED) is 0.317. The molecule has 0 radical (unpaired) electrons. The highest BCUT2D eigenvalue weighted by atomic mass is 19.1. The first-order valence-corrected chi connectivity index (χ1v) is 4.02. The molecule has 0 fully saturated rings. The van der Waals surface area contributed by atoms with Crippen molar-refractivity contribution in [2.45, 2.75) is 0 Å². The second-order valence-electron chi connectivity index (χ2n) is 2.62. The van der Waals surface area contributed by atoms with Gasteiger partial charge in [-0.2, -0.15) is 5.10 Å². The van der Waals surface area contributed by atoms with Gasteiger partial charge in [-0.25, -0.2) is 4.39 Å². The molecule has 1 aromatic rings. The van der Waals surface area contributed by atoms with Crippen molar-refractivity contribution in [3.63, 3.8) is 0 Å². The number of benzene rings is 1. The van der Waals surface area contributed by atoms with Gasteiger partial charge in [-0.15, -0.1) is 11.5 Å². The van der Waals surface area contributed by atoms with Crippen LogP contribution in [0.15, 0.2) is 28.4 Å². The molecule has 0 heterocycles.